The number of anilines is 1. The van der Waals surface area contributed by atoms with Crippen LogP contribution in [0.4, 0.5) is 5.69 Å². The Morgan fingerprint density at radius 3 is 2.49 bits per heavy atom. The summed E-state index contributed by atoms with van der Waals surface area (Å²) in [5.41, 5.74) is 12.2. The third-order valence-electron chi connectivity index (χ3n) is 15.7. The van der Waals surface area contributed by atoms with Crippen molar-refractivity contribution in [1.29, 1.82) is 0 Å². The molecule has 1 aliphatic heterocycles. The van der Waals surface area contributed by atoms with Gasteiger partial charge in [-0.25, -0.2) is 0 Å². The van der Waals surface area contributed by atoms with E-state index in [2.05, 4.69) is 132 Å². The van der Waals surface area contributed by atoms with Crippen molar-refractivity contribution >= 4 is 46.5 Å². The van der Waals surface area contributed by atoms with Crippen molar-refractivity contribution in [3.63, 3.8) is 0 Å². The summed E-state index contributed by atoms with van der Waals surface area (Å²) in [7, 11) is 0. The first-order chi connectivity index (χ1) is 29.2. The predicted octanol–water partition coefficient (Wildman–Crippen LogP) is 10.8. The van der Waals surface area contributed by atoms with Crippen LogP contribution in [0.1, 0.15) is 105 Å². The van der Waals surface area contributed by atoms with E-state index in [9.17, 15) is 0 Å². The molecule has 0 saturated carbocycles. The lowest BCUT2D eigenvalue weighted by molar-refractivity contribution is 0.0380. The maximum absolute atomic E-state index is 6.98. The molecule has 3 aromatic rings. The standard InChI is InChI=1S/C56H57NOS/c1-2-11-38(12-3-1)45-18-10-19-50-51-33-39(26-32-53(51)58-56(45)50)36-21-27-42(28-22-36)57(52-34-41-13-4-5-14-44(41)46-15-6-7-16-47(46)52)43-29-23-37(24-30-43)40-25-31-49-48-17-8-9-20-54(48)59-55(49)35-40/h1-3,5-7,9,11,14-16,18,20,23-24,27,29-31,33,35-36,38,40-41,50-51,53,56H,4,8,10,12-13,17,19,21-22,25-26,28,32,34H2/t36-,38?,40?,41+,50?,51?,53?,56?/m1/s1. The van der Waals surface area contributed by atoms with Gasteiger partial charge in [-0.05, 0) is 159 Å². The van der Waals surface area contributed by atoms with E-state index in [-0.39, 0.29) is 0 Å². The summed E-state index contributed by atoms with van der Waals surface area (Å²) < 4.78 is 8.46. The molecule has 3 heteroatoms. The first-order valence-corrected chi connectivity index (χ1v) is 24.0. The van der Waals surface area contributed by atoms with Crippen LogP contribution in [0.25, 0.3) is 29.5 Å². The first-order valence-electron chi connectivity index (χ1n) is 23.2. The van der Waals surface area contributed by atoms with Gasteiger partial charge in [0, 0.05) is 49.5 Å². The SMILES string of the molecule is C1=CCC(C2=CCCC3C2OC2CCC([C@@H]4CC=C(N(C5=c6ccccc6=C6C=CCC[C@H]6C5)c5ccc(C6C=c7sc8c(c7=CC6)CCC=C8)cc5)CC4)=CC23)C=C1. The molecule has 0 radical (unpaired) electrons. The van der Waals surface area contributed by atoms with E-state index in [1.165, 1.54) is 105 Å². The van der Waals surface area contributed by atoms with E-state index >= 15 is 0 Å². The molecule has 8 atom stereocenters. The van der Waals surface area contributed by atoms with Gasteiger partial charge in [0.05, 0.1) is 12.2 Å². The highest BCUT2D eigenvalue weighted by molar-refractivity contribution is 7.11. The quantitative estimate of drug-likeness (QED) is 0.231. The second-order valence-electron chi connectivity index (χ2n) is 18.9. The second kappa shape index (κ2) is 15.2. The van der Waals surface area contributed by atoms with Gasteiger partial charge in [-0.2, -0.15) is 0 Å². The highest BCUT2D eigenvalue weighted by Gasteiger charge is 2.48. The lowest BCUT2D eigenvalue weighted by Crippen LogP contribution is -2.41. The summed E-state index contributed by atoms with van der Waals surface area (Å²) in [5, 5.41) is 4.39. The van der Waals surface area contributed by atoms with Gasteiger partial charge in [0.25, 0.3) is 0 Å². The van der Waals surface area contributed by atoms with Crippen molar-refractivity contribution in [1.82, 2.24) is 0 Å². The zero-order chi connectivity index (χ0) is 38.9. The van der Waals surface area contributed by atoms with Crippen molar-refractivity contribution in [2.75, 3.05) is 4.90 Å². The van der Waals surface area contributed by atoms with E-state index in [0.29, 0.717) is 47.7 Å². The van der Waals surface area contributed by atoms with Crippen LogP contribution in [0.3, 0.4) is 0 Å². The van der Waals surface area contributed by atoms with E-state index in [0.717, 1.165) is 32.1 Å². The second-order valence-corrected chi connectivity index (χ2v) is 19.9. The Bertz CT molecular complexity index is 2660. The molecule has 2 heterocycles. The van der Waals surface area contributed by atoms with Crippen molar-refractivity contribution in [3.05, 3.63) is 162 Å². The number of rotatable bonds is 6. The number of ether oxygens (including phenoxy) is 1. The molecule has 0 amide bonds. The third kappa shape index (κ3) is 6.45. The molecule has 9 aliphatic rings. The molecule has 8 aliphatic carbocycles. The lowest BCUT2D eigenvalue weighted by Gasteiger charge is -2.38. The Morgan fingerprint density at radius 2 is 1.61 bits per heavy atom. The number of fused-ring (bicyclic) bond motifs is 8. The fraction of sp³-hybridized carbons (Fsp3) is 0.393. The maximum atomic E-state index is 6.98. The molecule has 298 valence electrons. The molecule has 59 heavy (non-hydrogen) atoms. The Morgan fingerprint density at radius 1 is 0.695 bits per heavy atom. The van der Waals surface area contributed by atoms with Crippen LogP contribution in [0.15, 0.2) is 126 Å². The number of hydrogen-bond acceptors (Lipinski definition) is 3. The van der Waals surface area contributed by atoms with E-state index in [4.69, 9.17) is 4.74 Å². The minimum absolute atomic E-state index is 0.311. The van der Waals surface area contributed by atoms with Gasteiger partial charge < -0.3 is 9.64 Å². The molecule has 0 bridgehead atoms. The zero-order valence-corrected chi connectivity index (χ0v) is 35.2. The van der Waals surface area contributed by atoms with Crippen molar-refractivity contribution in [2.24, 2.45) is 29.6 Å². The van der Waals surface area contributed by atoms with Crippen LogP contribution in [0, 0.1) is 29.6 Å². The highest BCUT2D eigenvalue weighted by atomic mass is 32.1. The molecular weight excluding hydrogens is 735 g/mol. The van der Waals surface area contributed by atoms with Crippen LogP contribution in [0.2, 0.25) is 0 Å². The van der Waals surface area contributed by atoms with Gasteiger partial charge in [-0.15, -0.1) is 11.3 Å². The summed E-state index contributed by atoms with van der Waals surface area (Å²) in [5.74, 6) is 3.39. The minimum atomic E-state index is 0.311. The summed E-state index contributed by atoms with van der Waals surface area (Å²) in [4.78, 5) is 4.21. The van der Waals surface area contributed by atoms with Gasteiger partial charge in [0.2, 0.25) is 0 Å². The van der Waals surface area contributed by atoms with Gasteiger partial charge in [0.15, 0.2) is 0 Å². The number of thiophene rings is 1. The number of hydrogen-bond donors (Lipinski definition) is 0. The molecule has 12 rings (SSSR count). The lowest BCUT2D eigenvalue weighted by atomic mass is 9.70. The van der Waals surface area contributed by atoms with Crippen molar-refractivity contribution < 1.29 is 4.74 Å². The molecule has 1 saturated heterocycles. The summed E-state index contributed by atoms with van der Waals surface area (Å²) >= 11 is 1.99. The normalized spacial score (nSPS) is 31.3. The first kappa shape index (κ1) is 36.4. The van der Waals surface area contributed by atoms with Gasteiger partial charge >= 0.3 is 0 Å². The molecule has 0 spiro atoms. The summed E-state index contributed by atoms with van der Waals surface area (Å²) in [6, 6.07) is 19.1. The number of nitrogens with zero attached hydrogens (tertiary/aromatic N) is 1. The highest BCUT2D eigenvalue weighted by Crippen LogP contribution is 2.51. The van der Waals surface area contributed by atoms with E-state index in [1.54, 1.807) is 22.3 Å². The van der Waals surface area contributed by atoms with Gasteiger partial charge in [0.1, 0.15) is 0 Å². The largest absolute Gasteiger partial charge is 0.370 e. The topological polar surface area (TPSA) is 12.5 Å². The fourth-order valence-corrected chi connectivity index (χ4v) is 14.0. The predicted molar refractivity (Wildman–Crippen MR) is 247 cm³/mol. The average Bonchev–Trinajstić information content (AvgIpc) is 3.88. The maximum Gasteiger partial charge on any atom is 0.0829 e. The smallest absolute Gasteiger partial charge is 0.0829 e. The Kier molecular flexibility index (Phi) is 9.40. The Hall–Kier alpha value is -4.44. The van der Waals surface area contributed by atoms with Crippen LogP contribution >= 0.6 is 11.3 Å². The molecule has 0 N–H and O–H groups in total. The Labute approximate surface area is 354 Å². The summed E-state index contributed by atoms with van der Waals surface area (Å²) in [6.07, 6.45) is 48.9. The number of benzene rings is 2. The third-order valence-corrected chi connectivity index (χ3v) is 16.9. The average molecular weight is 792 g/mol. The number of allylic oxidation sites excluding steroid dienone is 11. The van der Waals surface area contributed by atoms with E-state index in [1.807, 2.05) is 11.3 Å². The fourth-order valence-electron chi connectivity index (χ4n) is 12.7. The molecular formula is C56H57NOS. The van der Waals surface area contributed by atoms with Crippen molar-refractivity contribution in [2.45, 2.75) is 108 Å². The van der Waals surface area contributed by atoms with Crippen LogP contribution < -0.4 is 25.1 Å². The van der Waals surface area contributed by atoms with Gasteiger partial charge in [-0.3, -0.25) is 0 Å². The van der Waals surface area contributed by atoms with E-state index < -0.39 is 0 Å². The molecule has 2 aromatic carbocycles. The van der Waals surface area contributed by atoms with Crippen LogP contribution in [-0.2, 0) is 11.2 Å². The Balaban J connectivity index is 0.857. The molecule has 1 fully saturated rings. The monoisotopic (exact) mass is 791 g/mol. The molecule has 6 unspecified atom stereocenters. The van der Waals surface area contributed by atoms with Crippen LogP contribution in [-0.4, -0.2) is 12.2 Å². The minimum Gasteiger partial charge on any atom is -0.370 e. The van der Waals surface area contributed by atoms with Gasteiger partial charge in [-0.1, -0.05) is 115 Å². The molecule has 2 nitrogen and oxygen atoms in total. The zero-order valence-electron chi connectivity index (χ0n) is 34.4. The summed E-state index contributed by atoms with van der Waals surface area (Å²) in [6.45, 7) is 0. The molecule has 1 aromatic heterocycles. The van der Waals surface area contributed by atoms with Crippen LogP contribution in [0.5, 0.6) is 0 Å². The van der Waals surface area contributed by atoms with Crippen molar-refractivity contribution in [3.8, 4) is 0 Å².